The number of benzene rings is 1. The van der Waals surface area contributed by atoms with Crippen LogP contribution < -0.4 is 15.4 Å². The topological polar surface area (TPSA) is 70.6 Å². The van der Waals surface area contributed by atoms with E-state index < -0.39 is 0 Å². The summed E-state index contributed by atoms with van der Waals surface area (Å²) in [6, 6.07) is 4.84. The van der Waals surface area contributed by atoms with Crippen molar-refractivity contribution >= 4 is 11.6 Å². The number of aromatic hydroxyl groups is 1. The monoisotopic (exact) mass is 250 g/mol. The summed E-state index contributed by atoms with van der Waals surface area (Å²) in [5, 5.41) is 15.6. The van der Waals surface area contributed by atoms with Crippen LogP contribution in [0.25, 0.3) is 0 Å². The molecule has 0 aromatic heterocycles. The van der Waals surface area contributed by atoms with Gasteiger partial charge in [-0.15, -0.1) is 0 Å². The van der Waals surface area contributed by atoms with Gasteiger partial charge in [-0.1, -0.05) is 0 Å². The van der Waals surface area contributed by atoms with Crippen LogP contribution in [0, 0.1) is 5.92 Å². The average molecular weight is 250 g/mol. The molecule has 5 nitrogen and oxygen atoms in total. The minimum absolute atomic E-state index is 0.00277. The van der Waals surface area contributed by atoms with Crippen molar-refractivity contribution < 1.29 is 14.6 Å². The van der Waals surface area contributed by atoms with Crippen molar-refractivity contribution in [2.75, 3.05) is 25.5 Å². The molecule has 1 aliphatic heterocycles. The summed E-state index contributed by atoms with van der Waals surface area (Å²) in [6.07, 6.45) is 1.92. The number of amides is 1. The molecular weight excluding hydrogens is 232 g/mol. The summed E-state index contributed by atoms with van der Waals surface area (Å²) in [5.41, 5.74) is 0.587. The van der Waals surface area contributed by atoms with Gasteiger partial charge >= 0.3 is 0 Å². The molecule has 1 aromatic rings. The molecule has 0 saturated carbocycles. The lowest BCUT2D eigenvalue weighted by Gasteiger charge is -2.22. The first kappa shape index (κ1) is 12.7. The summed E-state index contributed by atoms with van der Waals surface area (Å²) >= 11 is 0. The molecule has 1 atom stereocenters. The first-order valence-electron chi connectivity index (χ1n) is 6.09. The number of phenols is 1. The predicted molar refractivity (Wildman–Crippen MR) is 68.9 cm³/mol. The fourth-order valence-electron chi connectivity index (χ4n) is 2.09. The molecule has 3 N–H and O–H groups in total. The highest BCUT2D eigenvalue weighted by Crippen LogP contribution is 2.28. The molecule has 0 bridgehead atoms. The molecule has 1 saturated heterocycles. The van der Waals surface area contributed by atoms with Gasteiger partial charge in [0.15, 0.2) is 11.5 Å². The van der Waals surface area contributed by atoms with Gasteiger partial charge in [-0.25, -0.2) is 0 Å². The van der Waals surface area contributed by atoms with Crippen LogP contribution in [0.5, 0.6) is 11.5 Å². The zero-order chi connectivity index (χ0) is 13.0. The summed E-state index contributed by atoms with van der Waals surface area (Å²) in [4.78, 5) is 12.0. The number of anilines is 1. The first-order chi connectivity index (χ1) is 8.70. The Morgan fingerprint density at radius 3 is 3.00 bits per heavy atom. The van der Waals surface area contributed by atoms with Gasteiger partial charge in [0.05, 0.1) is 13.0 Å². The number of hydrogen-bond donors (Lipinski definition) is 3. The van der Waals surface area contributed by atoms with Gasteiger partial charge in [-0.3, -0.25) is 4.79 Å². The van der Waals surface area contributed by atoms with E-state index in [1.54, 1.807) is 12.1 Å². The Balaban J connectivity index is 2.00. The summed E-state index contributed by atoms with van der Waals surface area (Å²) in [7, 11) is 1.49. The van der Waals surface area contributed by atoms with E-state index in [-0.39, 0.29) is 17.6 Å². The quantitative estimate of drug-likeness (QED) is 0.757. The van der Waals surface area contributed by atoms with Gasteiger partial charge in [-0.2, -0.15) is 0 Å². The summed E-state index contributed by atoms with van der Waals surface area (Å²) in [6.45, 7) is 1.70. The van der Waals surface area contributed by atoms with E-state index in [2.05, 4.69) is 10.6 Å². The summed E-state index contributed by atoms with van der Waals surface area (Å²) in [5.74, 6) is 0.416. The highest BCUT2D eigenvalue weighted by molar-refractivity contribution is 5.93. The second kappa shape index (κ2) is 5.73. The molecule has 98 valence electrons. The van der Waals surface area contributed by atoms with Crippen LogP contribution in [-0.2, 0) is 4.79 Å². The third-order valence-electron chi connectivity index (χ3n) is 3.11. The van der Waals surface area contributed by atoms with Crippen molar-refractivity contribution in [1.29, 1.82) is 0 Å². The predicted octanol–water partition coefficient (Wildman–Crippen LogP) is 1.34. The third kappa shape index (κ3) is 2.92. The van der Waals surface area contributed by atoms with Crippen LogP contribution in [0.2, 0.25) is 0 Å². The molecule has 0 unspecified atom stereocenters. The Hall–Kier alpha value is -1.75. The number of rotatable bonds is 3. The van der Waals surface area contributed by atoms with Crippen LogP contribution >= 0.6 is 0 Å². The van der Waals surface area contributed by atoms with Crippen LogP contribution in [0.4, 0.5) is 5.69 Å². The molecular formula is C13H18N2O3. The number of carbonyl (C=O) groups is 1. The normalized spacial score (nSPS) is 19.3. The third-order valence-corrected chi connectivity index (χ3v) is 3.11. The Morgan fingerprint density at radius 1 is 1.56 bits per heavy atom. The fraction of sp³-hybridized carbons (Fsp3) is 0.462. The number of ether oxygens (including phenoxy) is 1. The van der Waals surface area contributed by atoms with E-state index in [4.69, 9.17) is 4.74 Å². The second-order valence-electron chi connectivity index (χ2n) is 4.42. The van der Waals surface area contributed by atoms with Gasteiger partial charge in [-0.05, 0) is 31.5 Å². The first-order valence-corrected chi connectivity index (χ1v) is 6.09. The molecule has 5 heteroatoms. The van der Waals surface area contributed by atoms with Crippen molar-refractivity contribution in [2.45, 2.75) is 12.8 Å². The smallest absolute Gasteiger partial charge is 0.228 e. The van der Waals surface area contributed by atoms with E-state index in [9.17, 15) is 9.90 Å². The molecule has 1 amide bonds. The van der Waals surface area contributed by atoms with E-state index in [0.29, 0.717) is 18.0 Å². The minimum atomic E-state index is -0.00762. The Kier molecular flexibility index (Phi) is 4.04. The second-order valence-corrected chi connectivity index (χ2v) is 4.42. The van der Waals surface area contributed by atoms with Crippen LogP contribution in [0.3, 0.4) is 0 Å². The lowest BCUT2D eigenvalue weighted by Crippen LogP contribution is -2.37. The molecule has 0 radical (unpaired) electrons. The fourth-order valence-corrected chi connectivity index (χ4v) is 2.09. The van der Waals surface area contributed by atoms with Gasteiger partial charge in [0.25, 0.3) is 0 Å². The largest absolute Gasteiger partial charge is 0.504 e. The van der Waals surface area contributed by atoms with Crippen molar-refractivity contribution in [1.82, 2.24) is 5.32 Å². The SMILES string of the molecule is COc1ccc(NC(=O)[C@@H]2CCCNC2)cc1O. The molecule has 2 rings (SSSR count). The van der Waals surface area contributed by atoms with Crippen molar-refractivity contribution in [3.8, 4) is 11.5 Å². The van der Waals surface area contributed by atoms with Crippen molar-refractivity contribution in [3.63, 3.8) is 0 Å². The molecule has 0 aliphatic carbocycles. The maximum Gasteiger partial charge on any atom is 0.228 e. The summed E-state index contributed by atoms with van der Waals surface area (Å²) < 4.78 is 4.95. The molecule has 18 heavy (non-hydrogen) atoms. The van der Waals surface area contributed by atoms with Gasteiger partial charge in [0, 0.05) is 18.3 Å². The lowest BCUT2D eigenvalue weighted by molar-refractivity contribution is -0.120. The van der Waals surface area contributed by atoms with E-state index in [1.807, 2.05) is 0 Å². The molecule has 1 aromatic carbocycles. The molecule has 1 aliphatic rings. The average Bonchev–Trinajstić information content (AvgIpc) is 2.40. The standard InChI is InChI=1S/C13H18N2O3/c1-18-12-5-4-10(7-11(12)16)15-13(17)9-3-2-6-14-8-9/h4-5,7,9,14,16H,2-3,6,8H2,1H3,(H,15,17)/t9-/m1/s1. The Labute approximate surface area is 106 Å². The Morgan fingerprint density at radius 2 is 2.39 bits per heavy atom. The zero-order valence-electron chi connectivity index (χ0n) is 10.4. The number of nitrogens with one attached hydrogen (secondary N) is 2. The number of carbonyl (C=O) groups excluding carboxylic acids is 1. The highest BCUT2D eigenvalue weighted by atomic mass is 16.5. The molecule has 1 heterocycles. The van der Waals surface area contributed by atoms with E-state index in [0.717, 1.165) is 19.4 Å². The number of hydrogen-bond acceptors (Lipinski definition) is 4. The Bertz CT molecular complexity index is 428. The van der Waals surface area contributed by atoms with Gasteiger partial charge in [0.1, 0.15) is 0 Å². The zero-order valence-corrected chi connectivity index (χ0v) is 10.4. The van der Waals surface area contributed by atoms with Gasteiger partial charge < -0.3 is 20.5 Å². The van der Waals surface area contributed by atoms with E-state index in [1.165, 1.54) is 13.2 Å². The lowest BCUT2D eigenvalue weighted by atomic mass is 9.99. The van der Waals surface area contributed by atoms with Crippen LogP contribution in [0.1, 0.15) is 12.8 Å². The van der Waals surface area contributed by atoms with Crippen molar-refractivity contribution in [2.24, 2.45) is 5.92 Å². The molecule has 1 fully saturated rings. The van der Waals surface area contributed by atoms with E-state index >= 15 is 0 Å². The molecule has 0 spiro atoms. The van der Waals surface area contributed by atoms with Crippen molar-refractivity contribution in [3.05, 3.63) is 18.2 Å². The maximum absolute atomic E-state index is 12.0. The maximum atomic E-state index is 12.0. The minimum Gasteiger partial charge on any atom is -0.504 e. The number of phenolic OH excluding ortho intramolecular Hbond substituents is 1. The highest BCUT2D eigenvalue weighted by Gasteiger charge is 2.21. The van der Waals surface area contributed by atoms with Crippen LogP contribution in [0.15, 0.2) is 18.2 Å². The van der Waals surface area contributed by atoms with Crippen LogP contribution in [-0.4, -0.2) is 31.2 Å². The number of methoxy groups -OCH3 is 1. The number of piperidine rings is 1. The van der Waals surface area contributed by atoms with Gasteiger partial charge in [0.2, 0.25) is 5.91 Å².